The van der Waals surface area contributed by atoms with Gasteiger partial charge in [-0.1, -0.05) is 6.92 Å². The minimum atomic E-state index is -0.637. The molecule has 0 saturated heterocycles. The summed E-state index contributed by atoms with van der Waals surface area (Å²) in [6.45, 7) is 5.78. The van der Waals surface area contributed by atoms with Crippen molar-refractivity contribution in [2.75, 3.05) is 19.0 Å². The van der Waals surface area contributed by atoms with Crippen molar-refractivity contribution >= 4 is 17.6 Å². The van der Waals surface area contributed by atoms with Crippen molar-refractivity contribution in [3.63, 3.8) is 0 Å². The van der Waals surface area contributed by atoms with E-state index >= 15 is 0 Å². The van der Waals surface area contributed by atoms with Crippen LogP contribution in [0, 0.1) is 6.92 Å². The van der Waals surface area contributed by atoms with Gasteiger partial charge < -0.3 is 19.5 Å². The molecule has 144 valence electrons. The van der Waals surface area contributed by atoms with Crippen LogP contribution in [0.5, 0.6) is 11.5 Å². The number of ether oxygens (including phenoxy) is 3. The van der Waals surface area contributed by atoms with Crippen LogP contribution in [0.4, 0.5) is 5.69 Å². The minimum Gasteiger partial charge on any atom is -0.497 e. The van der Waals surface area contributed by atoms with E-state index in [0.29, 0.717) is 30.0 Å². The van der Waals surface area contributed by atoms with Crippen molar-refractivity contribution in [3.8, 4) is 11.5 Å². The topological polar surface area (TPSA) is 73.9 Å². The van der Waals surface area contributed by atoms with E-state index in [-0.39, 0.29) is 11.9 Å². The van der Waals surface area contributed by atoms with Gasteiger partial charge in [0.05, 0.1) is 19.3 Å². The maximum absolute atomic E-state index is 12.6. The monoisotopic (exact) mass is 371 g/mol. The average molecular weight is 371 g/mol. The van der Waals surface area contributed by atoms with Crippen LogP contribution in [0.3, 0.4) is 0 Å². The van der Waals surface area contributed by atoms with Gasteiger partial charge >= 0.3 is 5.97 Å². The summed E-state index contributed by atoms with van der Waals surface area (Å²) in [5, 5.41) is 2.86. The summed E-state index contributed by atoms with van der Waals surface area (Å²) in [6.07, 6.45) is -0.125. The average Bonchev–Trinajstić information content (AvgIpc) is 2.68. The quantitative estimate of drug-likeness (QED) is 0.711. The van der Waals surface area contributed by atoms with Gasteiger partial charge in [-0.3, -0.25) is 4.79 Å². The van der Waals surface area contributed by atoms with Crippen LogP contribution in [0.25, 0.3) is 0 Å². The number of hydrogen-bond donors (Lipinski definition) is 1. The summed E-state index contributed by atoms with van der Waals surface area (Å²) in [7, 11) is 1.59. The molecule has 0 bridgehead atoms. The van der Waals surface area contributed by atoms with E-state index in [9.17, 15) is 9.59 Å². The Balaban J connectivity index is 2.06. The summed E-state index contributed by atoms with van der Waals surface area (Å²) in [6, 6.07) is 12.1. The lowest BCUT2D eigenvalue weighted by Gasteiger charge is -2.18. The summed E-state index contributed by atoms with van der Waals surface area (Å²) in [5.41, 5.74) is 1.85. The molecule has 2 aromatic carbocycles. The largest absolute Gasteiger partial charge is 0.497 e. The van der Waals surface area contributed by atoms with Crippen LogP contribution in [0.15, 0.2) is 42.5 Å². The van der Waals surface area contributed by atoms with Crippen molar-refractivity contribution in [1.29, 1.82) is 0 Å². The number of methoxy groups -OCH3 is 1. The van der Waals surface area contributed by atoms with Gasteiger partial charge in [0.25, 0.3) is 5.91 Å². The van der Waals surface area contributed by atoms with Crippen LogP contribution in [0.2, 0.25) is 0 Å². The molecule has 0 aliphatic carbocycles. The van der Waals surface area contributed by atoms with Crippen molar-refractivity contribution in [2.45, 2.75) is 33.3 Å². The molecule has 0 saturated carbocycles. The molecular weight excluding hydrogens is 346 g/mol. The van der Waals surface area contributed by atoms with E-state index in [1.807, 2.05) is 13.8 Å². The molecule has 0 radical (unpaired) electrons. The van der Waals surface area contributed by atoms with E-state index in [0.717, 1.165) is 11.3 Å². The standard InChI is InChI=1S/C21H25NO5/c1-5-19(27-17-10-8-16(25-4)9-11-17)20(23)22-18-12-7-15(13-14(18)3)21(24)26-6-2/h7-13,19H,5-6H2,1-4H3,(H,22,23)/t19-/m0/s1. The highest BCUT2D eigenvalue weighted by atomic mass is 16.5. The summed E-state index contributed by atoms with van der Waals surface area (Å²) < 4.78 is 15.9. The molecule has 1 atom stereocenters. The molecule has 2 aromatic rings. The Kier molecular flexibility index (Phi) is 7.23. The number of amides is 1. The highest BCUT2D eigenvalue weighted by Crippen LogP contribution is 2.21. The van der Waals surface area contributed by atoms with Crippen LogP contribution in [0.1, 0.15) is 36.2 Å². The lowest BCUT2D eigenvalue weighted by Crippen LogP contribution is -2.32. The number of hydrogen-bond acceptors (Lipinski definition) is 5. The molecule has 1 amide bonds. The number of rotatable bonds is 8. The maximum atomic E-state index is 12.6. The summed E-state index contributed by atoms with van der Waals surface area (Å²) >= 11 is 0. The SMILES string of the molecule is CCOC(=O)c1ccc(NC(=O)[C@H](CC)Oc2ccc(OC)cc2)c(C)c1. The third-order valence-corrected chi connectivity index (χ3v) is 4.00. The molecule has 2 rings (SSSR count). The van der Waals surface area contributed by atoms with E-state index in [4.69, 9.17) is 14.2 Å². The Morgan fingerprint density at radius 3 is 2.26 bits per heavy atom. The van der Waals surface area contributed by atoms with Gasteiger partial charge in [0.15, 0.2) is 6.10 Å². The first kappa shape index (κ1) is 20.3. The van der Waals surface area contributed by atoms with Gasteiger partial charge in [0.2, 0.25) is 0 Å². The van der Waals surface area contributed by atoms with E-state index in [1.54, 1.807) is 56.5 Å². The molecule has 6 heteroatoms. The Bertz CT molecular complexity index is 786. The molecule has 0 aliphatic heterocycles. The number of benzene rings is 2. The minimum absolute atomic E-state index is 0.250. The van der Waals surface area contributed by atoms with Crippen molar-refractivity contribution in [2.24, 2.45) is 0 Å². The fourth-order valence-corrected chi connectivity index (χ4v) is 2.50. The zero-order chi connectivity index (χ0) is 19.8. The van der Waals surface area contributed by atoms with E-state index < -0.39 is 6.10 Å². The normalized spacial score (nSPS) is 11.4. The second-order valence-electron chi connectivity index (χ2n) is 5.93. The summed E-state index contributed by atoms with van der Waals surface area (Å²) in [5.74, 6) is 0.678. The second kappa shape index (κ2) is 9.62. The van der Waals surface area contributed by atoms with Crippen molar-refractivity contribution in [3.05, 3.63) is 53.6 Å². The third kappa shape index (κ3) is 5.48. The Hall–Kier alpha value is -3.02. The number of esters is 1. The fraction of sp³-hybridized carbons (Fsp3) is 0.333. The highest BCUT2D eigenvalue weighted by Gasteiger charge is 2.19. The van der Waals surface area contributed by atoms with Gasteiger partial charge in [-0.15, -0.1) is 0 Å². The van der Waals surface area contributed by atoms with Gasteiger partial charge in [0, 0.05) is 5.69 Å². The molecule has 0 fully saturated rings. The lowest BCUT2D eigenvalue weighted by molar-refractivity contribution is -0.122. The zero-order valence-corrected chi connectivity index (χ0v) is 16.1. The first-order chi connectivity index (χ1) is 13.0. The van der Waals surface area contributed by atoms with E-state index in [2.05, 4.69) is 5.32 Å². The predicted octanol–water partition coefficient (Wildman–Crippen LogP) is 3.98. The van der Waals surface area contributed by atoms with E-state index in [1.165, 1.54) is 0 Å². The molecule has 0 aliphatic rings. The fourth-order valence-electron chi connectivity index (χ4n) is 2.50. The predicted molar refractivity (Wildman–Crippen MR) is 103 cm³/mol. The van der Waals surface area contributed by atoms with Crippen LogP contribution in [-0.4, -0.2) is 31.7 Å². The van der Waals surface area contributed by atoms with Crippen LogP contribution < -0.4 is 14.8 Å². The second-order valence-corrected chi connectivity index (χ2v) is 5.93. The zero-order valence-electron chi connectivity index (χ0n) is 16.1. The van der Waals surface area contributed by atoms with Crippen molar-refractivity contribution < 1.29 is 23.8 Å². The molecule has 1 N–H and O–H groups in total. The molecule has 6 nitrogen and oxygen atoms in total. The molecule has 0 aromatic heterocycles. The highest BCUT2D eigenvalue weighted by molar-refractivity contribution is 5.96. The Labute approximate surface area is 159 Å². The third-order valence-electron chi connectivity index (χ3n) is 4.00. The number of nitrogens with one attached hydrogen (secondary N) is 1. The maximum Gasteiger partial charge on any atom is 0.338 e. The summed E-state index contributed by atoms with van der Waals surface area (Å²) in [4.78, 5) is 24.4. The van der Waals surface area contributed by atoms with Gasteiger partial charge in [0.1, 0.15) is 11.5 Å². The van der Waals surface area contributed by atoms with Crippen LogP contribution >= 0.6 is 0 Å². The first-order valence-electron chi connectivity index (χ1n) is 8.87. The molecule has 0 heterocycles. The smallest absolute Gasteiger partial charge is 0.338 e. The number of carbonyl (C=O) groups excluding carboxylic acids is 2. The van der Waals surface area contributed by atoms with Crippen molar-refractivity contribution in [1.82, 2.24) is 0 Å². The Morgan fingerprint density at radius 1 is 1.04 bits per heavy atom. The number of aryl methyl sites for hydroxylation is 1. The number of anilines is 1. The van der Waals surface area contributed by atoms with Gasteiger partial charge in [-0.05, 0) is 68.3 Å². The molecular formula is C21H25NO5. The van der Waals surface area contributed by atoms with Crippen LogP contribution in [-0.2, 0) is 9.53 Å². The Morgan fingerprint density at radius 2 is 1.70 bits per heavy atom. The molecule has 0 unspecified atom stereocenters. The first-order valence-corrected chi connectivity index (χ1v) is 8.87. The molecule has 27 heavy (non-hydrogen) atoms. The lowest BCUT2D eigenvalue weighted by atomic mass is 10.1. The van der Waals surface area contributed by atoms with Gasteiger partial charge in [-0.2, -0.15) is 0 Å². The molecule has 0 spiro atoms. The number of carbonyl (C=O) groups is 2. The van der Waals surface area contributed by atoms with Gasteiger partial charge in [-0.25, -0.2) is 4.79 Å².